The van der Waals surface area contributed by atoms with Crippen molar-refractivity contribution >= 4 is 17.6 Å². The Morgan fingerprint density at radius 2 is 2.05 bits per heavy atom. The minimum Gasteiger partial charge on any atom is -0.481 e. The van der Waals surface area contributed by atoms with Crippen molar-refractivity contribution in [1.82, 2.24) is 4.90 Å². The van der Waals surface area contributed by atoms with Crippen molar-refractivity contribution in [3.63, 3.8) is 0 Å². The highest BCUT2D eigenvalue weighted by molar-refractivity contribution is 5.92. The summed E-state index contributed by atoms with van der Waals surface area (Å²) < 4.78 is 0. The van der Waals surface area contributed by atoms with Crippen LogP contribution in [0.2, 0.25) is 0 Å². The van der Waals surface area contributed by atoms with Gasteiger partial charge in [-0.2, -0.15) is 0 Å². The number of nitrogens with zero attached hydrogens (tertiary/aromatic N) is 1. The number of hydrogen-bond donors (Lipinski definition) is 2. The van der Waals surface area contributed by atoms with Crippen LogP contribution in [0.3, 0.4) is 0 Å². The summed E-state index contributed by atoms with van der Waals surface area (Å²) in [6.07, 6.45) is 1.90. The molecule has 2 N–H and O–H groups in total. The van der Waals surface area contributed by atoms with Gasteiger partial charge in [-0.25, -0.2) is 0 Å². The molecule has 0 aromatic heterocycles. The number of benzene rings is 1. The van der Waals surface area contributed by atoms with Gasteiger partial charge >= 0.3 is 5.97 Å². The highest BCUT2D eigenvalue weighted by Gasteiger charge is 2.24. The molecule has 0 saturated carbocycles. The van der Waals surface area contributed by atoms with Crippen molar-refractivity contribution in [3.05, 3.63) is 30.3 Å². The lowest BCUT2D eigenvalue weighted by Crippen LogP contribution is -2.31. The number of rotatable bonds is 6. The van der Waals surface area contributed by atoms with Crippen LogP contribution in [0.4, 0.5) is 5.69 Å². The Balaban J connectivity index is 1.72. The summed E-state index contributed by atoms with van der Waals surface area (Å²) in [6, 6.07) is 9.39. The lowest BCUT2D eigenvalue weighted by Gasteiger charge is -2.15. The molecule has 1 heterocycles. The maximum Gasteiger partial charge on any atom is 0.303 e. The van der Waals surface area contributed by atoms with E-state index in [1.54, 1.807) is 0 Å². The number of carboxylic acids is 1. The summed E-state index contributed by atoms with van der Waals surface area (Å²) in [4.78, 5) is 24.5. The van der Waals surface area contributed by atoms with E-state index in [1.807, 2.05) is 30.3 Å². The van der Waals surface area contributed by atoms with Crippen LogP contribution in [0.5, 0.6) is 0 Å². The van der Waals surface area contributed by atoms with Gasteiger partial charge in [-0.05, 0) is 37.4 Å². The van der Waals surface area contributed by atoms with Crippen molar-refractivity contribution in [2.24, 2.45) is 5.92 Å². The van der Waals surface area contributed by atoms with Gasteiger partial charge in [0.25, 0.3) is 0 Å². The first-order valence-corrected chi connectivity index (χ1v) is 6.92. The SMILES string of the molecule is O=C(O)CCC1CCN(CC(=O)Nc2ccccc2)C1. The van der Waals surface area contributed by atoms with Crippen LogP contribution in [0, 0.1) is 5.92 Å². The molecule has 1 atom stereocenters. The van der Waals surface area contributed by atoms with Gasteiger partial charge in [-0.1, -0.05) is 18.2 Å². The molecule has 108 valence electrons. The minimum atomic E-state index is -0.745. The molecule has 5 heteroatoms. The van der Waals surface area contributed by atoms with Crippen LogP contribution in [0.25, 0.3) is 0 Å². The second kappa shape index (κ2) is 7.05. The van der Waals surface area contributed by atoms with Gasteiger partial charge in [0.2, 0.25) is 5.91 Å². The summed E-state index contributed by atoms with van der Waals surface area (Å²) >= 11 is 0. The van der Waals surface area contributed by atoms with Gasteiger partial charge in [-0.15, -0.1) is 0 Å². The molecule has 1 aliphatic heterocycles. The molecule has 1 saturated heterocycles. The number of aliphatic carboxylic acids is 1. The molecule has 1 aromatic carbocycles. The van der Waals surface area contributed by atoms with Crippen LogP contribution >= 0.6 is 0 Å². The van der Waals surface area contributed by atoms with Crippen LogP contribution < -0.4 is 5.32 Å². The molecule has 0 bridgehead atoms. The van der Waals surface area contributed by atoms with E-state index in [0.29, 0.717) is 18.9 Å². The van der Waals surface area contributed by atoms with Crippen molar-refractivity contribution < 1.29 is 14.7 Å². The topological polar surface area (TPSA) is 69.6 Å². The van der Waals surface area contributed by atoms with Gasteiger partial charge in [0.05, 0.1) is 6.54 Å². The number of amides is 1. The molecule has 1 aliphatic rings. The third-order valence-electron chi connectivity index (χ3n) is 3.56. The number of carboxylic acid groups (broad SMARTS) is 1. The van der Waals surface area contributed by atoms with Crippen LogP contribution in [0.1, 0.15) is 19.3 Å². The molecule has 0 radical (unpaired) electrons. The molecule has 1 unspecified atom stereocenters. The zero-order valence-corrected chi connectivity index (χ0v) is 11.4. The van der Waals surface area contributed by atoms with Gasteiger partial charge in [0.15, 0.2) is 0 Å². The molecule has 5 nitrogen and oxygen atoms in total. The van der Waals surface area contributed by atoms with E-state index in [0.717, 1.165) is 25.2 Å². The normalized spacial score (nSPS) is 18.9. The number of nitrogens with one attached hydrogen (secondary N) is 1. The highest BCUT2D eigenvalue weighted by Crippen LogP contribution is 2.20. The largest absolute Gasteiger partial charge is 0.481 e. The highest BCUT2D eigenvalue weighted by atomic mass is 16.4. The van der Waals surface area contributed by atoms with E-state index in [9.17, 15) is 9.59 Å². The van der Waals surface area contributed by atoms with Crippen molar-refractivity contribution in [1.29, 1.82) is 0 Å². The molecule has 0 aliphatic carbocycles. The Morgan fingerprint density at radius 3 is 2.75 bits per heavy atom. The van der Waals surface area contributed by atoms with Crippen molar-refractivity contribution in [2.75, 3.05) is 25.0 Å². The van der Waals surface area contributed by atoms with Crippen LogP contribution in [-0.4, -0.2) is 41.5 Å². The lowest BCUT2D eigenvalue weighted by atomic mass is 10.0. The molecular weight excluding hydrogens is 256 g/mol. The lowest BCUT2D eigenvalue weighted by molar-refractivity contribution is -0.137. The third-order valence-corrected chi connectivity index (χ3v) is 3.56. The van der Waals surface area contributed by atoms with E-state index < -0.39 is 5.97 Å². The summed E-state index contributed by atoms with van der Waals surface area (Å²) in [7, 11) is 0. The van der Waals surface area contributed by atoms with E-state index >= 15 is 0 Å². The number of anilines is 1. The smallest absolute Gasteiger partial charge is 0.303 e. The molecule has 1 fully saturated rings. The average molecular weight is 276 g/mol. The molecule has 1 amide bonds. The fourth-order valence-corrected chi connectivity index (χ4v) is 2.54. The summed E-state index contributed by atoms with van der Waals surface area (Å²) in [5.41, 5.74) is 0.805. The number of para-hydroxylation sites is 1. The second-order valence-corrected chi connectivity index (χ2v) is 5.24. The van der Waals surface area contributed by atoms with Gasteiger partial charge < -0.3 is 10.4 Å². The van der Waals surface area contributed by atoms with E-state index in [2.05, 4.69) is 10.2 Å². The Morgan fingerprint density at radius 1 is 1.30 bits per heavy atom. The third kappa shape index (κ3) is 4.66. The van der Waals surface area contributed by atoms with E-state index in [-0.39, 0.29) is 12.3 Å². The monoisotopic (exact) mass is 276 g/mol. The average Bonchev–Trinajstić information content (AvgIpc) is 2.85. The summed E-state index contributed by atoms with van der Waals surface area (Å²) in [6.45, 7) is 2.06. The Hall–Kier alpha value is -1.88. The fourth-order valence-electron chi connectivity index (χ4n) is 2.54. The maximum atomic E-state index is 11.9. The maximum absolute atomic E-state index is 11.9. The number of carbonyl (C=O) groups is 2. The Kier molecular flexibility index (Phi) is 5.12. The predicted molar refractivity (Wildman–Crippen MR) is 76.5 cm³/mol. The molecular formula is C15H20N2O3. The first kappa shape index (κ1) is 14.5. The molecule has 2 rings (SSSR count). The van der Waals surface area contributed by atoms with E-state index in [4.69, 9.17) is 5.11 Å². The van der Waals surface area contributed by atoms with Gasteiger partial charge in [-0.3, -0.25) is 14.5 Å². The first-order valence-electron chi connectivity index (χ1n) is 6.92. The molecule has 20 heavy (non-hydrogen) atoms. The minimum absolute atomic E-state index is 0.0184. The summed E-state index contributed by atoms with van der Waals surface area (Å²) in [5, 5.41) is 11.5. The second-order valence-electron chi connectivity index (χ2n) is 5.24. The fraction of sp³-hybridized carbons (Fsp3) is 0.467. The number of hydrogen-bond acceptors (Lipinski definition) is 3. The standard InChI is InChI=1S/C15H20N2O3/c18-14(16-13-4-2-1-3-5-13)11-17-9-8-12(10-17)6-7-15(19)20/h1-5,12H,6-11H2,(H,16,18)(H,19,20). The summed E-state index contributed by atoms with van der Waals surface area (Å²) in [5.74, 6) is -0.365. The van der Waals surface area contributed by atoms with E-state index in [1.165, 1.54) is 0 Å². The number of likely N-dealkylation sites (tertiary alicyclic amines) is 1. The van der Waals surface area contributed by atoms with Gasteiger partial charge in [0.1, 0.15) is 0 Å². The zero-order chi connectivity index (χ0) is 14.4. The molecule has 1 aromatic rings. The predicted octanol–water partition coefficient (Wildman–Crippen LogP) is 1.81. The van der Waals surface area contributed by atoms with Crippen molar-refractivity contribution in [3.8, 4) is 0 Å². The van der Waals surface area contributed by atoms with Gasteiger partial charge in [0, 0.05) is 18.7 Å². The Bertz CT molecular complexity index is 461. The van der Waals surface area contributed by atoms with Crippen molar-refractivity contribution in [2.45, 2.75) is 19.3 Å². The quantitative estimate of drug-likeness (QED) is 0.831. The zero-order valence-electron chi connectivity index (χ0n) is 11.4. The van der Waals surface area contributed by atoms with Crippen LogP contribution in [0.15, 0.2) is 30.3 Å². The van der Waals surface area contributed by atoms with Crippen LogP contribution in [-0.2, 0) is 9.59 Å². The number of carbonyl (C=O) groups excluding carboxylic acids is 1. The molecule has 0 spiro atoms. The first-order chi connectivity index (χ1) is 9.63. The Labute approximate surface area is 118 Å².